The number of nitrogens with one attached hydrogen (secondary N) is 1. The molecule has 84 valence electrons. The molecule has 16 heavy (non-hydrogen) atoms. The maximum absolute atomic E-state index is 5.28. The van der Waals surface area contributed by atoms with E-state index in [-0.39, 0.29) is 0 Å². The minimum atomic E-state index is 0.726. The molecule has 0 fully saturated rings. The normalized spacial score (nSPS) is 10.1. The SMILES string of the molecule is COc1ccccc1CNc1ccnn1C. The number of hydrogen-bond acceptors (Lipinski definition) is 3. The van der Waals surface area contributed by atoms with Crippen molar-refractivity contribution in [2.75, 3.05) is 12.4 Å². The van der Waals surface area contributed by atoms with Gasteiger partial charge in [-0.2, -0.15) is 5.10 Å². The summed E-state index contributed by atoms with van der Waals surface area (Å²) in [4.78, 5) is 0. The topological polar surface area (TPSA) is 39.1 Å². The van der Waals surface area contributed by atoms with E-state index in [2.05, 4.69) is 10.4 Å². The third kappa shape index (κ3) is 2.16. The molecule has 0 aliphatic rings. The third-order valence-corrected chi connectivity index (χ3v) is 2.47. The third-order valence-electron chi connectivity index (χ3n) is 2.47. The molecule has 0 saturated heterocycles. The Balaban J connectivity index is 2.07. The Kier molecular flexibility index (Phi) is 3.10. The quantitative estimate of drug-likeness (QED) is 0.851. The lowest BCUT2D eigenvalue weighted by Gasteiger charge is -2.10. The second-order valence-corrected chi connectivity index (χ2v) is 3.51. The Morgan fingerprint density at radius 1 is 1.31 bits per heavy atom. The fourth-order valence-electron chi connectivity index (χ4n) is 1.58. The van der Waals surface area contributed by atoms with Gasteiger partial charge in [0.2, 0.25) is 0 Å². The van der Waals surface area contributed by atoms with E-state index in [0.29, 0.717) is 0 Å². The number of hydrogen-bond donors (Lipinski definition) is 1. The van der Waals surface area contributed by atoms with Crippen molar-refractivity contribution in [3.05, 3.63) is 42.1 Å². The zero-order chi connectivity index (χ0) is 11.4. The molecule has 0 aliphatic heterocycles. The number of methoxy groups -OCH3 is 1. The van der Waals surface area contributed by atoms with Crippen molar-refractivity contribution in [2.45, 2.75) is 6.54 Å². The number of anilines is 1. The molecular weight excluding hydrogens is 202 g/mol. The molecule has 0 radical (unpaired) electrons. The Labute approximate surface area is 94.9 Å². The van der Waals surface area contributed by atoms with Crippen LogP contribution in [0.25, 0.3) is 0 Å². The molecule has 0 saturated carbocycles. The van der Waals surface area contributed by atoms with Gasteiger partial charge in [-0.25, -0.2) is 0 Å². The van der Waals surface area contributed by atoms with Crippen LogP contribution in [-0.4, -0.2) is 16.9 Å². The smallest absolute Gasteiger partial charge is 0.124 e. The summed E-state index contributed by atoms with van der Waals surface area (Å²) < 4.78 is 7.08. The highest BCUT2D eigenvalue weighted by Crippen LogP contribution is 2.18. The molecule has 2 rings (SSSR count). The zero-order valence-corrected chi connectivity index (χ0v) is 9.47. The molecule has 4 heteroatoms. The number of aryl methyl sites for hydroxylation is 1. The van der Waals surface area contributed by atoms with Gasteiger partial charge in [-0.3, -0.25) is 4.68 Å². The lowest BCUT2D eigenvalue weighted by molar-refractivity contribution is 0.410. The second-order valence-electron chi connectivity index (χ2n) is 3.51. The molecule has 0 spiro atoms. The van der Waals surface area contributed by atoms with Crippen LogP contribution in [0.5, 0.6) is 5.75 Å². The number of rotatable bonds is 4. The fourth-order valence-corrected chi connectivity index (χ4v) is 1.58. The van der Waals surface area contributed by atoms with Crippen LogP contribution in [0.15, 0.2) is 36.5 Å². The van der Waals surface area contributed by atoms with Crippen molar-refractivity contribution < 1.29 is 4.74 Å². The average Bonchev–Trinajstić information content (AvgIpc) is 2.72. The first-order chi connectivity index (χ1) is 7.81. The van der Waals surface area contributed by atoms with Crippen LogP contribution < -0.4 is 10.1 Å². The molecule has 2 aromatic rings. The van der Waals surface area contributed by atoms with Gasteiger partial charge < -0.3 is 10.1 Å². The van der Waals surface area contributed by atoms with Gasteiger partial charge in [-0.15, -0.1) is 0 Å². The van der Waals surface area contributed by atoms with Crippen molar-refractivity contribution in [2.24, 2.45) is 7.05 Å². The largest absolute Gasteiger partial charge is 0.496 e. The molecule has 0 unspecified atom stereocenters. The highest BCUT2D eigenvalue weighted by atomic mass is 16.5. The second kappa shape index (κ2) is 4.70. The van der Waals surface area contributed by atoms with Gasteiger partial charge in [0.15, 0.2) is 0 Å². The standard InChI is InChI=1S/C12H15N3O/c1-15-12(7-8-14-15)13-9-10-5-3-4-6-11(10)16-2/h3-8,13H,9H2,1-2H3. The Bertz CT molecular complexity index is 465. The maximum Gasteiger partial charge on any atom is 0.124 e. The van der Waals surface area contributed by atoms with Crippen molar-refractivity contribution in [3.63, 3.8) is 0 Å². The summed E-state index contributed by atoms with van der Waals surface area (Å²) in [5.74, 6) is 1.89. The molecule has 0 aliphatic carbocycles. The zero-order valence-electron chi connectivity index (χ0n) is 9.47. The summed E-state index contributed by atoms with van der Waals surface area (Å²) in [7, 11) is 3.59. The summed E-state index contributed by atoms with van der Waals surface area (Å²) >= 11 is 0. The first-order valence-electron chi connectivity index (χ1n) is 5.15. The molecule has 4 nitrogen and oxygen atoms in total. The lowest BCUT2D eigenvalue weighted by Crippen LogP contribution is -2.05. The van der Waals surface area contributed by atoms with E-state index < -0.39 is 0 Å². The van der Waals surface area contributed by atoms with E-state index in [1.807, 2.05) is 37.4 Å². The molecule has 1 N–H and O–H groups in total. The van der Waals surface area contributed by atoms with Crippen molar-refractivity contribution in [1.29, 1.82) is 0 Å². The molecule has 1 aromatic carbocycles. The number of aromatic nitrogens is 2. The maximum atomic E-state index is 5.28. The predicted octanol–water partition coefficient (Wildman–Crippen LogP) is 2.04. The summed E-state index contributed by atoms with van der Waals surface area (Å²) in [5, 5.41) is 7.40. The Hall–Kier alpha value is -1.97. The van der Waals surface area contributed by atoms with Gasteiger partial charge in [0.05, 0.1) is 13.3 Å². The molecule has 1 heterocycles. The number of nitrogens with zero attached hydrogens (tertiary/aromatic N) is 2. The van der Waals surface area contributed by atoms with E-state index >= 15 is 0 Å². The first kappa shape index (κ1) is 10.5. The number of para-hydroxylation sites is 1. The van der Waals surface area contributed by atoms with Gasteiger partial charge in [0.1, 0.15) is 11.6 Å². The minimum absolute atomic E-state index is 0.726. The highest BCUT2D eigenvalue weighted by Gasteiger charge is 2.02. The summed E-state index contributed by atoms with van der Waals surface area (Å²) in [6.07, 6.45) is 1.77. The molecule has 0 bridgehead atoms. The summed E-state index contributed by atoms with van der Waals surface area (Å²) in [5.41, 5.74) is 1.13. The lowest BCUT2D eigenvalue weighted by atomic mass is 10.2. The Morgan fingerprint density at radius 3 is 2.81 bits per heavy atom. The first-order valence-corrected chi connectivity index (χ1v) is 5.15. The van der Waals surface area contributed by atoms with E-state index in [0.717, 1.165) is 23.7 Å². The van der Waals surface area contributed by atoms with Crippen LogP contribution in [0, 0.1) is 0 Å². The van der Waals surface area contributed by atoms with E-state index in [4.69, 9.17) is 4.74 Å². The van der Waals surface area contributed by atoms with E-state index in [1.54, 1.807) is 18.0 Å². The van der Waals surface area contributed by atoms with Crippen LogP contribution in [0.2, 0.25) is 0 Å². The van der Waals surface area contributed by atoms with Crippen LogP contribution >= 0.6 is 0 Å². The minimum Gasteiger partial charge on any atom is -0.496 e. The number of benzene rings is 1. The molecule has 1 aromatic heterocycles. The van der Waals surface area contributed by atoms with Gasteiger partial charge in [-0.05, 0) is 6.07 Å². The molecular formula is C12H15N3O. The average molecular weight is 217 g/mol. The van der Waals surface area contributed by atoms with Crippen LogP contribution in [0.4, 0.5) is 5.82 Å². The summed E-state index contributed by atoms with van der Waals surface area (Å²) in [6, 6.07) is 9.91. The van der Waals surface area contributed by atoms with Crippen molar-refractivity contribution >= 4 is 5.82 Å². The van der Waals surface area contributed by atoms with Gasteiger partial charge >= 0.3 is 0 Å². The Morgan fingerprint density at radius 2 is 2.12 bits per heavy atom. The van der Waals surface area contributed by atoms with Gasteiger partial charge in [0, 0.05) is 25.2 Å². The number of ether oxygens (including phenoxy) is 1. The predicted molar refractivity (Wildman–Crippen MR) is 63.5 cm³/mol. The van der Waals surface area contributed by atoms with Gasteiger partial charge in [0.25, 0.3) is 0 Å². The van der Waals surface area contributed by atoms with Gasteiger partial charge in [-0.1, -0.05) is 18.2 Å². The van der Waals surface area contributed by atoms with Crippen molar-refractivity contribution in [3.8, 4) is 5.75 Å². The fraction of sp³-hybridized carbons (Fsp3) is 0.250. The van der Waals surface area contributed by atoms with Crippen molar-refractivity contribution in [1.82, 2.24) is 9.78 Å². The molecule has 0 amide bonds. The van der Waals surface area contributed by atoms with Crippen LogP contribution in [0.1, 0.15) is 5.56 Å². The highest BCUT2D eigenvalue weighted by molar-refractivity contribution is 5.39. The van der Waals surface area contributed by atoms with Crippen LogP contribution in [0.3, 0.4) is 0 Å². The summed E-state index contributed by atoms with van der Waals surface area (Å²) in [6.45, 7) is 0.726. The monoisotopic (exact) mass is 217 g/mol. The van der Waals surface area contributed by atoms with E-state index in [9.17, 15) is 0 Å². The molecule has 0 atom stereocenters. The van der Waals surface area contributed by atoms with Crippen LogP contribution in [-0.2, 0) is 13.6 Å². The van der Waals surface area contributed by atoms with E-state index in [1.165, 1.54) is 0 Å².